The van der Waals surface area contributed by atoms with Crippen molar-refractivity contribution in [1.82, 2.24) is 5.32 Å². The van der Waals surface area contributed by atoms with Crippen LogP contribution < -0.4 is 11.1 Å². The summed E-state index contributed by atoms with van der Waals surface area (Å²) in [6, 6.07) is 0.768. The van der Waals surface area contributed by atoms with Crippen molar-refractivity contribution in [2.45, 2.75) is 44.4 Å². The first-order chi connectivity index (χ1) is 5.74. The smallest absolute Gasteiger partial charge is 0.0724 e. The van der Waals surface area contributed by atoms with Crippen molar-refractivity contribution in [2.24, 2.45) is 5.73 Å². The summed E-state index contributed by atoms with van der Waals surface area (Å²) in [6.45, 7) is 2.91. The highest BCUT2D eigenvalue weighted by Gasteiger charge is 2.26. The zero-order chi connectivity index (χ0) is 8.97. The third kappa shape index (κ3) is 2.73. The SMILES string of the molecule is COC1CCCC1NCC(C)N. The Kier molecular flexibility index (Phi) is 3.98. The van der Waals surface area contributed by atoms with E-state index in [4.69, 9.17) is 10.5 Å². The second-order valence-electron chi connectivity index (χ2n) is 3.70. The number of nitrogens with two attached hydrogens (primary N) is 1. The highest BCUT2D eigenvalue weighted by Crippen LogP contribution is 2.21. The molecule has 1 fully saturated rings. The van der Waals surface area contributed by atoms with Gasteiger partial charge in [0, 0.05) is 25.7 Å². The van der Waals surface area contributed by atoms with Crippen molar-refractivity contribution < 1.29 is 4.74 Å². The van der Waals surface area contributed by atoms with Crippen molar-refractivity contribution in [2.75, 3.05) is 13.7 Å². The monoisotopic (exact) mass is 172 g/mol. The van der Waals surface area contributed by atoms with E-state index >= 15 is 0 Å². The van der Waals surface area contributed by atoms with Gasteiger partial charge in [-0.2, -0.15) is 0 Å². The van der Waals surface area contributed by atoms with Gasteiger partial charge < -0.3 is 15.8 Å². The van der Waals surface area contributed by atoms with Crippen molar-refractivity contribution in [3.05, 3.63) is 0 Å². The van der Waals surface area contributed by atoms with Crippen LogP contribution in [-0.2, 0) is 4.74 Å². The van der Waals surface area contributed by atoms with Gasteiger partial charge in [-0.1, -0.05) is 0 Å². The Morgan fingerprint density at radius 2 is 2.33 bits per heavy atom. The molecule has 0 bridgehead atoms. The highest BCUT2D eigenvalue weighted by atomic mass is 16.5. The number of hydrogen-bond acceptors (Lipinski definition) is 3. The molecule has 0 radical (unpaired) electrons. The highest BCUT2D eigenvalue weighted by molar-refractivity contribution is 4.84. The zero-order valence-electron chi connectivity index (χ0n) is 8.05. The maximum atomic E-state index is 5.65. The van der Waals surface area contributed by atoms with Crippen LogP contribution in [0.25, 0.3) is 0 Å². The van der Waals surface area contributed by atoms with Gasteiger partial charge in [-0.3, -0.25) is 0 Å². The molecular formula is C9H20N2O. The number of methoxy groups -OCH3 is 1. The first-order valence-corrected chi connectivity index (χ1v) is 4.75. The van der Waals surface area contributed by atoms with E-state index in [1.807, 2.05) is 6.92 Å². The number of hydrogen-bond donors (Lipinski definition) is 2. The van der Waals surface area contributed by atoms with E-state index in [2.05, 4.69) is 5.32 Å². The molecule has 1 aliphatic rings. The summed E-state index contributed by atoms with van der Waals surface area (Å²) in [4.78, 5) is 0. The summed E-state index contributed by atoms with van der Waals surface area (Å²) in [7, 11) is 1.79. The van der Waals surface area contributed by atoms with Crippen LogP contribution in [0, 0.1) is 0 Å². The largest absolute Gasteiger partial charge is 0.380 e. The van der Waals surface area contributed by atoms with Crippen molar-refractivity contribution in [1.29, 1.82) is 0 Å². The third-order valence-electron chi connectivity index (χ3n) is 2.46. The van der Waals surface area contributed by atoms with E-state index < -0.39 is 0 Å². The van der Waals surface area contributed by atoms with Crippen molar-refractivity contribution in [3.63, 3.8) is 0 Å². The molecular weight excluding hydrogens is 152 g/mol. The molecule has 3 atom stereocenters. The second-order valence-corrected chi connectivity index (χ2v) is 3.70. The second kappa shape index (κ2) is 4.80. The summed E-state index contributed by atoms with van der Waals surface area (Å²) in [5.41, 5.74) is 5.65. The summed E-state index contributed by atoms with van der Waals surface area (Å²) < 4.78 is 5.35. The van der Waals surface area contributed by atoms with Crippen LogP contribution in [0.5, 0.6) is 0 Å². The van der Waals surface area contributed by atoms with Gasteiger partial charge in [-0.25, -0.2) is 0 Å². The molecule has 1 aliphatic carbocycles. The lowest BCUT2D eigenvalue weighted by Gasteiger charge is -2.20. The molecule has 0 aromatic heterocycles. The first-order valence-electron chi connectivity index (χ1n) is 4.75. The maximum absolute atomic E-state index is 5.65. The molecule has 0 aromatic rings. The Morgan fingerprint density at radius 3 is 2.92 bits per heavy atom. The molecule has 0 aromatic carbocycles. The van der Waals surface area contributed by atoms with Crippen LogP contribution >= 0.6 is 0 Å². The Morgan fingerprint density at radius 1 is 1.58 bits per heavy atom. The molecule has 1 saturated carbocycles. The molecule has 3 N–H and O–H groups in total. The zero-order valence-corrected chi connectivity index (χ0v) is 8.05. The van der Waals surface area contributed by atoms with Gasteiger partial charge in [-0.05, 0) is 26.2 Å². The van der Waals surface area contributed by atoms with Gasteiger partial charge in [0.1, 0.15) is 0 Å². The minimum Gasteiger partial charge on any atom is -0.380 e. The minimum absolute atomic E-state index is 0.239. The van der Waals surface area contributed by atoms with E-state index in [9.17, 15) is 0 Å². The standard InChI is InChI=1S/C9H20N2O/c1-7(10)6-11-8-4-3-5-9(8)12-2/h7-9,11H,3-6,10H2,1-2H3. The fraction of sp³-hybridized carbons (Fsp3) is 1.00. The van der Waals surface area contributed by atoms with Crippen LogP contribution in [0.2, 0.25) is 0 Å². The molecule has 0 aliphatic heterocycles. The lowest BCUT2D eigenvalue weighted by molar-refractivity contribution is 0.0850. The summed E-state index contributed by atoms with van der Waals surface area (Å²) in [6.07, 6.45) is 4.09. The Hall–Kier alpha value is -0.120. The van der Waals surface area contributed by atoms with Crippen LogP contribution in [0.4, 0.5) is 0 Å². The molecule has 72 valence electrons. The fourth-order valence-corrected chi connectivity index (χ4v) is 1.78. The molecule has 3 unspecified atom stereocenters. The van der Waals surface area contributed by atoms with E-state index in [0.717, 1.165) is 6.54 Å². The molecule has 0 spiro atoms. The van der Waals surface area contributed by atoms with E-state index in [-0.39, 0.29) is 6.04 Å². The predicted octanol–water partition coefficient (Wildman–Crippen LogP) is 0.491. The van der Waals surface area contributed by atoms with Crippen molar-refractivity contribution >= 4 is 0 Å². The Bertz CT molecular complexity index is 128. The minimum atomic E-state index is 0.239. The lowest BCUT2D eigenvalue weighted by atomic mass is 10.2. The Labute approximate surface area is 74.7 Å². The number of ether oxygens (including phenoxy) is 1. The van der Waals surface area contributed by atoms with Gasteiger partial charge in [-0.15, -0.1) is 0 Å². The summed E-state index contributed by atoms with van der Waals surface area (Å²) in [5.74, 6) is 0. The third-order valence-corrected chi connectivity index (χ3v) is 2.46. The summed E-state index contributed by atoms with van der Waals surface area (Å²) >= 11 is 0. The van der Waals surface area contributed by atoms with E-state index in [1.54, 1.807) is 7.11 Å². The van der Waals surface area contributed by atoms with Crippen LogP contribution in [0.15, 0.2) is 0 Å². The van der Waals surface area contributed by atoms with Gasteiger partial charge in [0.25, 0.3) is 0 Å². The maximum Gasteiger partial charge on any atom is 0.0724 e. The quantitative estimate of drug-likeness (QED) is 0.649. The average Bonchev–Trinajstić information content (AvgIpc) is 2.47. The van der Waals surface area contributed by atoms with Crippen LogP contribution in [-0.4, -0.2) is 31.8 Å². The summed E-state index contributed by atoms with van der Waals surface area (Å²) in [5, 5.41) is 3.43. The van der Waals surface area contributed by atoms with E-state index in [1.165, 1.54) is 19.3 Å². The molecule has 0 amide bonds. The topological polar surface area (TPSA) is 47.3 Å². The Balaban J connectivity index is 2.21. The number of nitrogens with one attached hydrogen (secondary N) is 1. The molecule has 12 heavy (non-hydrogen) atoms. The van der Waals surface area contributed by atoms with Gasteiger partial charge >= 0.3 is 0 Å². The number of rotatable bonds is 4. The molecule has 1 rings (SSSR count). The normalized spacial score (nSPS) is 32.2. The van der Waals surface area contributed by atoms with Gasteiger partial charge in [0.2, 0.25) is 0 Å². The van der Waals surface area contributed by atoms with Crippen LogP contribution in [0.3, 0.4) is 0 Å². The van der Waals surface area contributed by atoms with Crippen LogP contribution in [0.1, 0.15) is 26.2 Å². The van der Waals surface area contributed by atoms with Gasteiger partial charge in [0.05, 0.1) is 6.10 Å². The van der Waals surface area contributed by atoms with E-state index in [0.29, 0.717) is 12.1 Å². The van der Waals surface area contributed by atoms with Gasteiger partial charge in [0.15, 0.2) is 0 Å². The molecule has 0 heterocycles. The first kappa shape index (κ1) is 9.96. The molecule has 0 saturated heterocycles. The fourth-order valence-electron chi connectivity index (χ4n) is 1.78. The predicted molar refractivity (Wildman–Crippen MR) is 50.1 cm³/mol. The molecule has 3 heteroatoms. The average molecular weight is 172 g/mol. The van der Waals surface area contributed by atoms with Crippen molar-refractivity contribution in [3.8, 4) is 0 Å². The molecule has 3 nitrogen and oxygen atoms in total. The lowest BCUT2D eigenvalue weighted by Crippen LogP contribution is -2.42.